The highest BCUT2D eigenvalue weighted by molar-refractivity contribution is 6.13. The van der Waals surface area contributed by atoms with Crippen LogP contribution in [-0.4, -0.2) is 19.5 Å². The minimum Gasteiger partial charge on any atom is -0.455 e. The van der Waals surface area contributed by atoms with Gasteiger partial charge in [-0.1, -0.05) is 152 Å². The van der Waals surface area contributed by atoms with Crippen LogP contribution in [0.4, 0.5) is 0 Å². The smallest absolute Gasteiger partial charge is 0.164 e. The minimum atomic E-state index is -0.183. The monoisotopic (exact) mass is 722 g/mol. The molecule has 56 heavy (non-hydrogen) atoms. The van der Waals surface area contributed by atoms with Crippen molar-refractivity contribution in [2.24, 2.45) is 0 Å². The van der Waals surface area contributed by atoms with Gasteiger partial charge in [0, 0.05) is 49.4 Å². The minimum absolute atomic E-state index is 0.0505. The lowest BCUT2D eigenvalue weighted by Crippen LogP contribution is -2.02. The molecular weight excluding hydrogens is 685 g/mol. The van der Waals surface area contributed by atoms with Crippen LogP contribution in [0.5, 0.6) is 0 Å². The maximum Gasteiger partial charge on any atom is 0.164 e. The Morgan fingerprint density at radius 2 is 0.982 bits per heavy atom. The van der Waals surface area contributed by atoms with Crippen LogP contribution in [0, 0.1) is 0 Å². The van der Waals surface area contributed by atoms with E-state index in [4.69, 9.17) is 24.9 Å². The highest BCUT2D eigenvalue weighted by Gasteiger charge is 2.21. The van der Waals surface area contributed by atoms with Gasteiger partial charge >= 0.3 is 0 Å². The van der Waals surface area contributed by atoms with Crippen LogP contribution in [-0.2, 0) is 0 Å². The van der Waals surface area contributed by atoms with Crippen molar-refractivity contribution < 1.29 is 12.6 Å². The molecule has 8 aromatic carbocycles. The SMILES string of the molecule is [2H]c1cc([2H])c2c(c1[2H])c1c([2H])c([2H])cc([2H])c1n2-c1ccc(-c2nc(-c3ccccc3)nc(-c3ccccc3)n2)cc1-c1cccc2c1oc1ccc(-c3ccccc3)cc12. The van der Waals surface area contributed by atoms with Gasteiger partial charge in [0.05, 0.1) is 24.9 Å². The summed E-state index contributed by atoms with van der Waals surface area (Å²) in [7, 11) is 0. The van der Waals surface area contributed by atoms with Gasteiger partial charge in [-0.3, -0.25) is 0 Å². The third-order valence-electron chi connectivity index (χ3n) is 10.2. The van der Waals surface area contributed by atoms with Crippen LogP contribution in [0.25, 0.3) is 106 Å². The van der Waals surface area contributed by atoms with E-state index in [-0.39, 0.29) is 58.1 Å². The number of benzene rings is 8. The Balaban J connectivity index is 1.24. The number of hydrogen-bond donors (Lipinski definition) is 0. The predicted molar refractivity (Wildman–Crippen MR) is 229 cm³/mol. The van der Waals surface area contributed by atoms with Crippen LogP contribution >= 0.6 is 0 Å². The molecule has 3 heterocycles. The molecule has 0 aliphatic heterocycles. The maximum atomic E-state index is 9.24. The molecule has 3 aromatic heterocycles. The third-order valence-corrected chi connectivity index (χ3v) is 10.2. The Morgan fingerprint density at radius 1 is 0.411 bits per heavy atom. The lowest BCUT2D eigenvalue weighted by atomic mass is 9.97. The van der Waals surface area contributed by atoms with Gasteiger partial charge in [0.1, 0.15) is 11.2 Å². The zero-order valence-electron chi connectivity index (χ0n) is 35.7. The van der Waals surface area contributed by atoms with Gasteiger partial charge in [0.15, 0.2) is 17.5 Å². The van der Waals surface area contributed by atoms with Crippen molar-refractivity contribution in [1.82, 2.24) is 19.5 Å². The fourth-order valence-corrected chi connectivity index (χ4v) is 7.60. The summed E-state index contributed by atoms with van der Waals surface area (Å²) >= 11 is 0. The molecule has 0 aliphatic rings. The highest BCUT2D eigenvalue weighted by Crippen LogP contribution is 2.43. The summed E-state index contributed by atoms with van der Waals surface area (Å²) in [4.78, 5) is 15.0. The van der Waals surface area contributed by atoms with Gasteiger partial charge < -0.3 is 8.98 Å². The van der Waals surface area contributed by atoms with Crippen molar-refractivity contribution in [2.45, 2.75) is 0 Å². The molecular formula is C51H32N4O. The Labute approximate surface area is 331 Å². The molecule has 0 saturated carbocycles. The van der Waals surface area contributed by atoms with Gasteiger partial charge in [-0.15, -0.1) is 0 Å². The molecule has 0 saturated heterocycles. The Kier molecular flexibility index (Phi) is 6.10. The van der Waals surface area contributed by atoms with Crippen molar-refractivity contribution in [3.05, 3.63) is 194 Å². The second-order valence-corrected chi connectivity index (χ2v) is 13.5. The normalized spacial score (nSPS) is 13.1. The lowest BCUT2D eigenvalue weighted by molar-refractivity contribution is 0.670. The van der Waals surface area contributed by atoms with Crippen molar-refractivity contribution >= 4 is 43.7 Å². The number of fused-ring (bicyclic) bond motifs is 6. The number of aromatic nitrogens is 4. The number of furan rings is 1. The second kappa shape index (κ2) is 13.0. The summed E-state index contributed by atoms with van der Waals surface area (Å²) in [6, 6.07) is 49.3. The number of para-hydroxylation sites is 3. The quantitative estimate of drug-likeness (QED) is 0.171. The average molecular weight is 723 g/mol. The molecule has 0 radical (unpaired) electrons. The molecule has 0 aliphatic carbocycles. The summed E-state index contributed by atoms with van der Waals surface area (Å²) in [6.07, 6.45) is 0. The standard InChI is InChI=1S/C51H32N4O/c1-4-15-33(16-5-1)36-28-30-47-43(31-36)41-24-14-23-40(48(41)56-47)42-32-37(27-29-46(42)55-44-25-12-10-21-38(44)39-22-11-13-26-45(39)55)51-53-49(34-17-6-2-7-18-34)52-50(54-51)35-19-8-3-9-20-35/h1-32H/i10D,11D,21D,22D,25D,26D. The summed E-state index contributed by atoms with van der Waals surface area (Å²) in [5, 5.41) is 2.16. The molecule has 5 heteroatoms. The van der Waals surface area contributed by atoms with Crippen molar-refractivity contribution in [3.63, 3.8) is 0 Å². The number of rotatable bonds is 6. The first kappa shape index (κ1) is 26.2. The second-order valence-electron chi connectivity index (χ2n) is 13.5. The first-order valence-electron chi connectivity index (χ1n) is 21.3. The summed E-state index contributed by atoms with van der Waals surface area (Å²) in [5.74, 6) is 1.41. The van der Waals surface area contributed by atoms with Crippen LogP contribution in [0.1, 0.15) is 8.22 Å². The van der Waals surface area contributed by atoms with E-state index in [0.29, 0.717) is 51.0 Å². The fraction of sp³-hybridized carbons (Fsp3) is 0. The molecule has 0 bridgehead atoms. The van der Waals surface area contributed by atoms with E-state index in [9.17, 15) is 2.74 Å². The first-order valence-corrected chi connectivity index (χ1v) is 18.3. The molecule has 0 fully saturated rings. The Morgan fingerprint density at radius 3 is 1.61 bits per heavy atom. The van der Waals surface area contributed by atoms with Crippen molar-refractivity contribution in [1.29, 1.82) is 0 Å². The summed E-state index contributed by atoms with van der Waals surface area (Å²) in [5.41, 5.74) is 8.12. The third kappa shape index (κ3) is 5.29. The molecule has 0 amide bonds. The fourth-order valence-electron chi connectivity index (χ4n) is 7.60. The largest absolute Gasteiger partial charge is 0.455 e. The van der Waals surface area contributed by atoms with Crippen LogP contribution in [0.2, 0.25) is 0 Å². The molecule has 11 aromatic rings. The van der Waals surface area contributed by atoms with E-state index in [0.717, 1.165) is 33.0 Å². The van der Waals surface area contributed by atoms with Crippen molar-refractivity contribution in [2.75, 3.05) is 0 Å². The molecule has 11 rings (SSSR count). The molecule has 5 nitrogen and oxygen atoms in total. The molecule has 0 spiro atoms. The Bertz CT molecular complexity index is 3460. The van der Waals surface area contributed by atoms with Gasteiger partial charge in [-0.25, -0.2) is 15.0 Å². The first-order chi connectivity index (χ1) is 30.2. The van der Waals surface area contributed by atoms with Gasteiger partial charge in [0.25, 0.3) is 0 Å². The van der Waals surface area contributed by atoms with Crippen LogP contribution in [0.3, 0.4) is 0 Å². The molecule has 0 N–H and O–H groups in total. The van der Waals surface area contributed by atoms with Crippen LogP contribution in [0.15, 0.2) is 198 Å². The average Bonchev–Trinajstić information content (AvgIpc) is 3.88. The Hall–Kier alpha value is -7.63. The summed E-state index contributed by atoms with van der Waals surface area (Å²) < 4.78 is 62.2. The van der Waals surface area contributed by atoms with E-state index in [1.807, 2.05) is 127 Å². The maximum absolute atomic E-state index is 9.24. The lowest BCUT2D eigenvalue weighted by Gasteiger charge is -2.16. The number of hydrogen-bond acceptors (Lipinski definition) is 4. The van der Waals surface area contributed by atoms with E-state index >= 15 is 0 Å². The predicted octanol–water partition coefficient (Wildman–Crippen LogP) is 13.2. The topological polar surface area (TPSA) is 56.7 Å². The van der Waals surface area contributed by atoms with E-state index in [1.165, 1.54) is 12.1 Å². The van der Waals surface area contributed by atoms with Gasteiger partial charge in [-0.2, -0.15) is 0 Å². The molecule has 0 atom stereocenters. The van der Waals surface area contributed by atoms with Gasteiger partial charge in [-0.05, 0) is 53.5 Å². The summed E-state index contributed by atoms with van der Waals surface area (Å²) in [6.45, 7) is 0. The van der Waals surface area contributed by atoms with Gasteiger partial charge in [0.2, 0.25) is 0 Å². The number of nitrogens with zero attached hydrogens (tertiary/aromatic N) is 4. The zero-order chi connectivity index (χ0) is 42.2. The highest BCUT2D eigenvalue weighted by atomic mass is 16.3. The molecule has 262 valence electrons. The van der Waals surface area contributed by atoms with E-state index < -0.39 is 0 Å². The molecule has 0 unspecified atom stereocenters. The zero-order valence-corrected chi connectivity index (χ0v) is 29.7. The van der Waals surface area contributed by atoms with E-state index in [2.05, 4.69) is 18.2 Å². The van der Waals surface area contributed by atoms with E-state index in [1.54, 1.807) is 4.57 Å². The van der Waals surface area contributed by atoms with Crippen LogP contribution < -0.4 is 0 Å². The van der Waals surface area contributed by atoms with Crippen molar-refractivity contribution in [3.8, 4) is 62.1 Å².